The molecule has 0 unspecified atom stereocenters. The first kappa shape index (κ1) is 11.9. The van der Waals surface area contributed by atoms with Gasteiger partial charge in [0.25, 0.3) is 0 Å². The Bertz CT molecular complexity index is 294. The van der Waals surface area contributed by atoms with Crippen LogP contribution in [0, 0.1) is 0 Å². The first-order chi connectivity index (χ1) is 7.26. The molecule has 0 amide bonds. The van der Waals surface area contributed by atoms with Crippen LogP contribution in [0.15, 0.2) is 36.4 Å². The fraction of sp³-hybridized carbons (Fsp3) is 0.333. The Morgan fingerprint density at radius 3 is 1.93 bits per heavy atom. The summed E-state index contributed by atoms with van der Waals surface area (Å²) in [5.41, 5.74) is 1.06. The zero-order chi connectivity index (χ0) is 11.1. The molecule has 0 saturated carbocycles. The molecule has 0 fully saturated rings. The van der Waals surface area contributed by atoms with Crippen LogP contribution in [0.5, 0.6) is 0 Å². The van der Waals surface area contributed by atoms with Gasteiger partial charge in [-0.2, -0.15) is 0 Å². The van der Waals surface area contributed by atoms with Crippen molar-refractivity contribution in [3.8, 4) is 0 Å². The molecule has 1 aromatic rings. The van der Waals surface area contributed by atoms with E-state index in [0.717, 1.165) is 5.56 Å². The second-order valence-corrected chi connectivity index (χ2v) is 2.96. The summed E-state index contributed by atoms with van der Waals surface area (Å²) in [6.07, 6.45) is 3.61. The van der Waals surface area contributed by atoms with Crippen LogP contribution in [0.25, 0.3) is 6.08 Å². The highest BCUT2D eigenvalue weighted by Gasteiger charge is 2.25. The van der Waals surface area contributed by atoms with Crippen molar-refractivity contribution in [1.82, 2.24) is 0 Å². The number of hydrogen-bond donors (Lipinski definition) is 0. The molecule has 0 atom stereocenters. The Balaban J connectivity index is 2.79. The van der Waals surface area contributed by atoms with E-state index in [1.54, 1.807) is 6.08 Å². The highest BCUT2D eigenvalue weighted by molar-refractivity contribution is 5.49. The summed E-state index contributed by atoms with van der Waals surface area (Å²) in [5, 5.41) is 0. The minimum absolute atomic E-state index is 1.06. The van der Waals surface area contributed by atoms with Crippen LogP contribution in [0.4, 0.5) is 0 Å². The van der Waals surface area contributed by atoms with Gasteiger partial charge >= 0.3 is 5.97 Å². The second-order valence-electron chi connectivity index (χ2n) is 2.96. The maximum absolute atomic E-state index is 5.13. The van der Waals surface area contributed by atoms with E-state index in [0.29, 0.717) is 0 Å². The molecule has 0 spiro atoms. The monoisotopic (exact) mass is 208 g/mol. The quantitative estimate of drug-likeness (QED) is 0.695. The summed E-state index contributed by atoms with van der Waals surface area (Å²) in [7, 11) is 4.59. The van der Waals surface area contributed by atoms with Gasteiger partial charge in [-0.15, -0.1) is 0 Å². The van der Waals surface area contributed by atoms with Crippen LogP contribution >= 0.6 is 0 Å². The normalized spacial score (nSPS) is 12.2. The highest BCUT2D eigenvalue weighted by atomic mass is 16.9. The first-order valence-electron chi connectivity index (χ1n) is 4.66. The molecule has 0 heterocycles. The second kappa shape index (κ2) is 5.66. The number of rotatable bonds is 5. The minimum Gasteiger partial charge on any atom is -0.327 e. The Labute approximate surface area is 90.3 Å². The van der Waals surface area contributed by atoms with E-state index in [-0.39, 0.29) is 0 Å². The number of ether oxygens (including phenoxy) is 3. The van der Waals surface area contributed by atoms with E-state index in [2.05, 4.69) is 0 Å². The average Bonchev–Trinajstić information content (AvgIpc) is 2.33. The van der Waals surface area contributed by atoms with Crippen LogP contribution in [0.3, 0.4) is 0 Å². The third-order valence-corrected chi connectivity index (χ3v) is 2.13. The predicted molar refractivity (Wildman–Crippen MR) is 59.2 cm³/mol. The van der Waals surface area contributed by atoms with Crippen LogP contribution in [0.1, 0.15) is 5.56 Å². The van der Waals surface area contributed by atoms with Gasteiger partial charge in [0.1, 0.15) is 0 Å². The third kappa shape index (κ3) is 3.16. The van der Waals surface area contributed by atoms with Gasteiger partial charge in [0, 0.05) is 27.4 Å². The molecule has 0 radical (unpaired) electrons. The molecule has 1 aromatic carbocycles. The molecule has 0 aromatic heterocycles. The molecule has 3 nitrogen and oxygen atoms in total. The van der Waals surface area contributed by atoms with Crippen molar-refractivity contribution in [2.75, 3.05) is 21.3 Å². The van der Waals surface area contributed by atoms with Crippen molar-refractivity contribution < 1.29 is 14.2 Å². The lowest BCUT2D eigenvalue weighted by Gasteiger charge is -2.24. The zero-order valence-electron chi connectivity index (χ0n) is 9.27. The molecule has 0 N–H and O–H groups in total. The van der Waals surface area contributed by atoms with Gasteiger partial charge in [-0.1, -0.05) is 36.4 Å². The van der Waals surface area contributed by atoms with E-state index in [1.165, 1.54) is 21.3 Å². The molecule has 0 aliphatic heterocycles. The van der Waals surface area contributed by atoms with Gasteiger partial charge in [0.05, 0.1) is 0 Å². The Morgan fingerprint density at radius 1 is 0.933 bits per heavy atom. The smallest absolute Gasteiger partial charge is 0.304 e. The van der Waals surface area contributed by atoms with E-state index < -0.39 is 5.97 Å². The number of hydrogen-bond acceptors (Lipinski definition) is 3. The molecular weight excluding hydrogens is 192 g/mol. The molecule has 1 rings (SSSR count). The van der Waals surface area contributed by atoms with Crippen LogP contribution in [-0.2, 0) is 14.2 Å². The van der Waals surface area contributed by atoms with Crippen molar-refractivity contribution in [3.63, 3.8) is 0 Å². The zero-order valence-corrected chi connectivity index (χ0v) is 9.27. The Kier molecular flexibility index (Phi) is 4.49. The molecule has 0 saturated heterocycles. The van der Waals surface area contributed by atoms with Gasteiger partial charge in [-0.05, 0) is 5.56 Å². The van der Waals surface area contributed by atoms with E-state index in [4.69, 9.17) is 14.2 Å². The lowest BCUT2D eigenvalue weighted by atomic mass is 10.2. The van der Waals surface area contributed by atoms with Crippen LogP contribution < -0.4 is 0 Å². The molecular formula is C12H16O3. The Hall–Kier alpha value is -1.16. The summed E-state index contributed by atoms with van der Waals surface area (Å²) in [6, 6.07) is 9.87. The third-order valence-electron chi connectivity index (χ3n) is 2.13. The van der Waals surface area contributed by atoms with E-state index in [1.807, 2.05) is 36.4 Å². The molecule has 0 aliphatic carbocycles. The average molecular weight is 208 g/mol. The number of benzene rings is 1. The fourth-order valence-electron chi connectivity index (χ4n) is 1.22. The van der Waals surface area contributed by atoms with Gasteiger partial charge < -0.3 is 14.2 Å². The molecule has 82 valence electrons. The van der Waals surface area contributed by atoms with E-state index in [9.17, 15) is 0 Å². The van der Waals surface area contributed by atoms with Crippen molar-refractivity contribution >= 4 is 6.08 Å². The fourth-order valence-corrected chi connectivity index (χ4v) is 1.22. The van der Waals surface area contributed by atoms with Crippen LogP contribution in [-0.4, -0.2) is 27.3 Å². The van der Waals surface area contributed by atoms with Gasteiger partial charge in [-0.25, -0.2) is 0 Å². The summed E-state index contributed by atoms with van der Waals surface area (Å²) < 4.78 is 15.4. The van der Waals surface area contributed by atoms with E-state index >= 15 is 0 Å². The maximum atomic E-state index is 5.13. The summed E-state index contributed by atoms with van der Waals surface area (Å²) in [5.74, 6) is -1.10. The first-order valence-corrected chi connectivity index (χ1v) is 4.66. The topological polar surface area (TPSA) is 27.7 Å². The van der Waals surface area contributed by atoms with Crippen molar-refractivity contribution in [2.24, 2.45) is 0 Å². The van der Waals surface area contributed by atoms with Crippen molar-refractivity contribution in [1.29, 1.82) is 0 Å². The van der Waals surface area contributed by atoms with Crippen LogP contribution in [0.2, 0.25) is 0 Å². The van der Waals surface area contributed by atoms with Gasteiger partial charge in [-0.3, -0.25) is 0 Å². The summed E-state index contributed by atoms with van der Waals surface area (Å²) in [4.78, 5) is 0. The standard InChI is InChI=1S/C12H16O3/c1-13-12(14-2,15-3)10-9-11-7-5-4-6-8-11/h4-10H,1-3H3/b10-9+. The lowest BCUT2D eigenvalue weighted by molar-refractivity contribution is -0.318. The maximum Gasteiger partial charge on any atom is 0.304 e. The molecule has 15 heavy (non-hydrogen) atoms. The summed E-state index contributed by atoms with van der Waals surface area (Å²) >= 11 is 0. The lowest BCUT2D eigenvalue weighted by Crippen LogP contribution is -2.33. The predicted octanol–water partition coefficient (Wildman–Crippen LogP) is 2.29. The van der Waals surface area contributed by atoms with Gasteiger partial charge in [0.2, 0.25) is 0 Å². The number of methoxy groups -OCH3 is 3. The summed E-state index contributed by atoms with van der Waals surface area (Å²) in [6.45, 7) is 0. The molecule has 0 aliphatic rings. The largest absolute Gasteiger partial charge is 0.327 e. The molecule has 0 bridgehead atoms. The van der Waals surface area contributed by atoms with Crippen molar-refractivity contribution in [3.05, 3.63) is 42.0 Å². The van der Waals surface area contributed by atoms with Crippen molar-refractivity contribution in [2.45, 2.75) is 5.97 Å². The highest BCUT2D eigenvalue weighted by Crippen LogP contribution is 2.15. The van der Waals surface area contributed by atoms with Gasteiger partial charge in [0.15, 0.2) is 0 Å². The Morgan fingerprint density at radius 2 is 1.47 bits per heavy atom. The SMILES string of the molecule is COC(/C=C/c1ccccc1)(OC)OC. The minimum atomic E-state index is -1.10. The molecule has 3 heteroatoms.